The summed E-state index contributed by atoms with van der Waals surface area (Å²) in [5.41, 5.74) is -0.0822. The number of hydrogen-bond acceptors (Lipinski definition) is 2. The first kappa shape index (κ1) is 14.7. The fourth-order valence-corrected chi connectivity index (χ4v) is 2.51. The molecule has 2 aromatic rings. The molecular weight excluding hydrogens is 285 g/mol. The predicted molar refractivity (Wildman–Crippen MR) is 72.0 cm³/mol. The van der Waals surface area contributed by atoms with Gasteiger partial charge in [-0.15, -0.1) is 0 Å². The Morgan fingerprint density at radius 2 is 1.65 bits per heavy atom. The Balaban J connectivity index is 2.20. The molecule has 0 N–H and O–H groups in total. The molecule has 0 aromatic heterocycles. The summed E-state index contributed by atoms with van der Waals surface area (Å²) in [7, 11) is 0. The summed E-state index contributed by atoms with van der Waals surface area (Å²) >= 11 is 1.23. The smallest absolute Gasteiger partial charge is 0.295 e. The first-order valence-corrected chi connectivity index (χ1v) is 6.64. The molecule has 2 aromatic carbocycles. The Labute approximate surface area is 118 Å². The van der Waals surface area contributed by atoms with Gasteiger partial charge in [-0.05, 0) is 37.3 Å². The molecule has 0 radical (unpaired) electrons. The molecule has 0 saturated carbocycles. The molecule has 0 aliphatic rings. The van der Waals surface area contributed by atoms with Crippen LogP contribution in [0.15, 0.2) is 58.3 Å². The number of carbonyl (C=O) groups is 1. The molecule has 0 fully saturated rings. The standard InChI is InChI=1S/C15H11F3OS/c1-10(19)11-5-7-13(8-6-11)20-14-4-2-3-12(9-14)15(16,17)18/h2-9H,1H3. The molecular formula is C15H11F3OS. The maximum Gasteiger partial charge on any atom is 0.416 e. The van der Waals surface area contributed by atoms with E-state index in [1.807, 2.05) is 0 Å². The van der Waals surface area contributed by atoms with Gasteiger partial charge in [0.1, 0.15) is 0 Å². The van der Waals surface area contributed by atoms with Crippen LogP contribution >= 0.6 is 11.8 Å². The van der Waals surface area contributed by atoms with Crippen molar-refractivity contribution in [2.75, 3.05) is 0 Å². The maximum atomic E-state index is 12.6. The SMILES string of the molecule is CC(=O)c1ccc(Sc2cccc(C(F)(F)F)c2)cc1. The van der Waals surface area contributed by atoms with Gasteiger partial charge in [0, 0.05) is 15.4 Å². The molecule has 104 valence electrons. The van der Waals surface area contributed by atoms with Crippen molar-refractivity contribution in [1.82, 2.24) is 0 Å². The van der Waals surface area contributed by atoms with Crippen LogP contribution in [0.4, 0.5) is 13.2 Å². The number of alkyl halides is 3. The first-order chi connectivity index (χ1) is 9.36. The van der Waals surface area contributed by atoms with Gasteiger partial charge in [-0.2, -0.15) is 13.2 Å². The number of hydrogen-bond donors (Lipinski definition) is 0. The van der Waals surface area contributed by atoms with E-state index in [1.165, 1.54) is 24.8 Å². The van der Waals surface area contributed by atoms with E-state index in [0.29, 0.717) is 10.5 Å². The van der Waals surface area contributed by atoms with Crippen molar-refractivity contribution in [3.8, 4) is 0 Å². The summed E-state index contributed by atoms with van der Waals surface area (Å²) in [4.78, 5) is 12.4. The Kier molecular flexibility index (Phi) is 4.18. The van der Waals surface area contributed by atoms with Gasteiger partial charge in [0.05, 0.1) is 5.56 Å². The molecule has 1 nitrogen and oxygen atoms in total. The van der Waals surface area contributed by atoms with Crippen molar-refractivity contribution in [1.29, 1.82) is 0 Å². The van der Waals surface area contributed by atoms with Gasteiger partial charge in [0.2, 0.25) is 0 Å². The van der Waals surface area contributed by atoms with Crippen LogP contribution in [0.2, 0.25) is 0 Å². The summed E-state index contributed by atoms with van der Waals surface area (Å²) in [6.45, 7) is 1.47. The molecule has 0 bridgehead atoms. The molecule has 0 aliphatic heterocycles. The van der Waals surface area contributed by atoms with E-state index in [0.717, 1.165) is 17.0 Å². The molecule has 0 atom stereocenters. The quantitative estimate of drug-likeness (QED) is 0.736. The number of benzene rings is 2. The van der Waals surface area contributed by atoms with Crippen molar-refractivity contribution in [2.45, 2.75) is 22.9 Å². The van der Waals surface area contributed by atoms with E-state index < -0.39 is 11.7 Å². The van der Waals surface area contributed by atoms with Crippen LogP contribution in [0.5, 0.6) is 0 Å². The lowest BCUT2D eigenvalue weighted by Gasteiger charge is -2.08. The van der Waals surface area contributed by atoms with E-state index in [9.17, 15) is 18.0 Å². The number of rotatable bonds is 3. The highest BCUT2D eigenvalue weighted by Gasteiger charge is 2.30. The molecule has 0 aliphatic carbocycles. The minimum absolute atomic E-state index is 0.0411. The highest BCUT2D eigenvalue weighted by Crippen LogP contribution is 2.34. The average Bonchev–Trinajstić information content (AvgIpc) is 2.38. The molecule has 0 saturated heterocycles. The molecule has 0 spiro atoms. The van der Waals surface area contributed by atoms with E-state index in [1.54, 1.807) is 30.3 Å². The van der Waals surface area contributed by atoms with Crippen LogP contribution in [0.3, 0.4) is 0 Å². The van der Waals surface area contributed by atoms with Crippen molar-refractivity contribution < 1.29 is 18.0 Å². The lowest BCUT2D eigenvalue weighted by Crippen LogP contribution is -2.04. The van der Waals surface area contributed by atoms with Gasteiger partial charge in [-0.3, -0.25) is 4.79 Å². The average molecular weight is 296 g/mol. The van der Waals surface area contributed by atoms with Crippen LogP contribution in [-0.4, -0.2) is 5.78 Å². The third-order valence-electron chi connectivity index (χ3n) is 2.66. The third kappa shape index (κ3) is 3.63. The van der Waals surface area contributed by atoms with Gasteiger partial charge >= 0.3 is 6.18 Å². The second kappa shape index (κ2) is 5.71. The Bertz CT molecular complexity index is 618. The van der Waals surface area contributed by atoms with Crippen molar-refractivity contribution in [3.63, 3.8) is 0 Å². The van der Waals surface area contributed by atoms with Gasteiger partial charge in [-0.1, -0.05) is 30.0 Å². The van der Waals surface area contributed by atoms with E-state index in [2.05, 4.69) is 0 Å². The maximum absolute atomic E-state index is 12.6. The van der Waals surface area contributed by atoms with Gasteiger partial charge in [0.15, 0.2) is 5.78 Å². The van der Waals surface area contributed by atoms with Crippen molar-refractivity contribution in [3.05, 3.63) is 59.7 Å². The minimum Gasteiger partial charge on any atom is -0.295 e. The fraction of sp³-hybridized carbons (Fsp3) is 0.133. The normalized spacial score (nSPS) is 11.4. The van der Waals surface area contributed by atoms with Gasteiger partial charge in [0.25, 0.3) is 0 Å². The van der Waals surface area contributed by atoms with Crippen LogP contribution < -0.4 is 0 Å². The predicted octanol–water partition coefficient (Wildman–Crippen LogP) is 5.06. The van der Waals surface area contributed by atoms with Gasteiger partial charge in [-0.25, -0.2) is 0 Å². The lowest BCUT2D eigenvalue weighted by atomic mass is 10.2. The summed E-state index contributed by atoms with van der Waals surface area (Å²) in [5.74, 6) is -0.0411. The van der Waals surface area contributed by atoms with Crippen LogP contribution in [0.25, 0.3) is 0 Å². The second-order valence-electron chi connectivity index (χ2n) is 4.21. The van der Waals surface area contributed by atoms with Crippen molar-refractivity contribution >= 4 is 17.5 Å². The zero-order valence-corrected chi connectivity index (χ0v) is 11.4. The molecule has 0 unspecified atom stereocenters. The van der Waals surface area contributed by atoms with Crippen molar-refractivity contribution in [2.24, 2.45) is 0 Å². The zero-order valence-electron chi connectivity index (χ0n) is 10.6. The number of halogens is 3. The number of ketones is 1. The topological polar surface area (TPSA) is 17.1 Å². The summed E-state index contributed by atoms with van der Waals surface area (Å²) < 4.78 is 37.8. The summed E-state index contributed by atoms with van der Waals surface area (Å²) in [6, 6.07) is 11.9. The first-order valence-electron chi connectivity index (χ1n) is 5.82. The fourth-order valence-electron chi connectivity index (χ4n) is 1.63. The molecule has 0 amide bonds. The number of Topliss-reactive ketones (excluding diaryl/α,β-unsaturated/α-hetero) is 1. The summed E-state index contributed by atoms with van der Waals surface area (Å²) in [6.07, 6.45) is -4.34. The third-order valence-corrected chi connectivity index (χ3v) is 3.66. The molecule has 0 heterocycles. The highest BCUT2D eigenvalue weighted by atomic mass is 32.2. The van der Waals surface area contributed by atoms with E-state index >= 15 is 0 Å². The Morgan fingerprint density at radius 1 is 1.00 bits per heavy atom. The largest absolute Gasteiger partial charge is 0.416 e. The van der Waals surface area contributed by atoms with Crippen LogP contribution in [0, 0.1) is 0 Å². The zero-order chi connectivity index (χ0) is 14.8. The number of carbonyl (C=O) groups excluding carboxylic acids is 1. The Morgan fingerprint density at radius 3 is 2.20 bits per heavy atom. The van der Waals surface area contributed by atoms with E-state index in [-0.39, 0.29) is 5.78 Å². The molecule has 5 heteroatoms. The monoisotopic (exact) mass is 296 g/mol. The van der Waals surface area contributed by atoms with Gasteiger partial charge < -0.3 is 0 Å². The lowest BCUT2D eigenvalue weighted by molar-refractivity contribution is -0.137. The Hall–Kier alpha value is -1.75. The van der Waals surface area contributed by atoms with Crippen LogP contribution in [0.1, 0.15) is 22.8 Å². The molecule has 2 rings (SSSR count). The summed E-state index contributed by atoms with van der Waals surface area (Å²) in [5, 5.41) is 0. The van der Waals surface area contributed by atoms with Crippen LogP contribution in [-0.2, 0) is 6.18 Å². The molecule has 20 heavy (non-hydrogen) atoms. The second-order valence-corrected chi connectivity index (χ2v) is 5.36. The van der Waals surface area contributed by atoms with E-state index in [4.69, 9.17) is 0 Å². The highest BCUT2D eigenvalue weighted by molar-refractivity contribution is 7.99. The minimum atomic E-state index is -4.34.